The first-order valence-electron chi connectivity index (χ1n) is 4.99. The Hall–Kier alpha value is -1.52. The quantitative estimate of drug-likeness (QED) is 0.458. The molecule has 0 fully saturated rings. The van der Waals surface area contributed by atoms with Crippen molar-refractivity contribution in [1.29, 1.82) is 0 Å². The molecule has 2 amide bonds. The zero-order valence-electron chi connectivity index (χ0n) is 9.17. The number of urea groups is 1. The highest BCUT2D eigenvalue weighted by molar-refractivity contribution is 5.85. The summed E-state index contributed by atoms with van der Waals surface area (Å²) in [4.78, 5) is 21.4. The van der Waals surface area contributed by atoms with Crippen LogP contribution in [0.25, 0.3) is 0 Å². The molecule has 0 aliphatic rings. The molecule has 0 unspecified atom stereocenters. The van der Waals surface area contributed by atoms with E-state index in [-0.39, 0.29) is 6.03 Å². The number of hydrogen-bond donors (Lipinski definition) is 3. The predicted molar refractivity (Wildman–Crippen MR) is 57.7 cm³/mol. The van der Waals surface area contributed by atoms with Crippen LogP contribution in [0.1, 0.15) is 26.7 Å². The Labute approximate surface area is 89.6 Å². The molecule has 0 heterocycles. The van der Waals surface area contributed by atoms with E-state index < -0.39 is 5.97 Å². The van der Waals surface area contributed by atoms with E-state index in [1.807, 2.05) is 6.92 Å². The Bertz CT molecular complexity index is 249. The fourth-order valence-electron chi connectivity index (χ4n) is 0.863. The van der Waals surface area contributed by atoms with Crippen molar-refractivity contribution in [3.63, 3.8) is 0 Å². The van der Waals surface area contributed by atoms with Gasteiger partial charge in [0, 0.05) is 18.7 Å². The first-order valence-corrected chi connectivity index (χ1v) is 4.99. The Balaban J connectivity index is 3.58. The highest BCUT2D eigenvalue weighted by atomic mass is 16.4. The van der Waals surface area contributed by atoms with Crippen molar-refractivity contribution in [2.24, 2.45) is 0 Å². The van der Waals surface area contributed by atoms with E-state index in [2.05, 4.69) is 10.6 Å². The second kappa shape index (κ2) is 7.84. The van der Waals surface area contributed by atoms with Gasteiger partial charge >= 0.3 is 12.0 Å². The number of carboxylic acids is 1. The van der Waals surface area contributed by atoms with E-state index in [1.165, 1.54) is 6.92 Å². The van der Waals surface area contributed by atoms with Gasteiger partial charge in [0.1, 0.15) is 0 Å². The molecule has 0 bridgehead atoms. The second-order valence-corrected chi connectivity index (χ2v) is 3.16. The van der Waals surface area contributed by atoms with Crippen molar-refractivity contribution in [2.75, 3.05) is 13.1 Å². The number of hydrogen-bond acceptors (Lipinski definition) is 2. The van der Waals surface area contributed by atoms with Gasteiger partial charge in [0.15, 0.2) is 0 Å². The number of amides is 2. The predicted octanol–water partition coefficient (Wildman–Crippen LogP) is 1.12. The van der Waals surface area contributed by atoms with Crippen molar-refractivity contribution >= 4 is 12.0 Å². The molecule has 3 N–H and O–H groups in total. The monoisotopic (exact) mass is 214 g/mol. The molecule has 15 heavy (non-hydrogen) atoms. The van der Waals surface area contributed by atoms with Gasteiger partial charge in [-0.15, -0.1) is 0 Å². The maximum atomic E-state index is 11.0. The van der Waals surface area contributed by atoms with Gasteiger partial charge in [-0.2, -0.15) is 0 Å². The summed E-state index contributed by atoms with van der Waals surface area (Å²) in [6.45, 7) is 4.59. The summed E-state index contributed by atoms with van der Waals surface area (Å²) in [5, 5.41) is 13.8. The summed E-state index contributed by atoms with van der Waals surface area (Å²) >= 11 is 0. The van der Waals surface area contributed by atoms with Gasteiger partial charge in [0.25, 0.3) is 0 Å². The Morgan fingerprint density at radius 1 is 1.27 bits per heavy atom. The van der Waals surface area contributed by atoms with E-state index >= 15 is 0 Å². The lowest BCUT2D eigenvalue weighted by molar-refractivity contribution is -0.132. The third kappa shape index (κ3) is 7.54. The summed E-state index contributed by atoms with van der Waals surface area (Å²) in [6, 6.07) is -0.210. The first-order chi connectivity index (χ1) is 7.07. The summed E-state index contributed by atoms with van der Waals surface area (Å²) in [7, 11) is 0. The Kier molecular flexibility index (Phi) is 7.05. The SMILES string of the molecule is CCCNC(=O)NCC/C=C(\C)C(=O)O. The van der Waals surface area contributed by atoms with Gasteiger partial charge in [-0.05, 0) is 19.8 Å². The molecular formula is C10H18N2O3. The molecule has 0 atom stereocenters. The van der Waals surface area contributed by atoms with Gasteiger partial charge in [0.05, 0.1) is 0 Å². The van der Waals surface area contributed by atoms with Crippen LogP contribution in [0.4, 0.5) is 4.79 Å². The lowest BCUT2D eigenvalue weighted by atomic mass is 10.2. The topological polar surface area (TPSA) is 78.4 Å². The van der Waals surface area contributed by atoms with Gasteiger partial charge in [0.2, 0.25) is 0 Å². The molecule has 0 aliphatic carbocycles. The Morgan fingerprint density at radius 2 is 1.87 bits per heavy atom. The van der Waals surface area contributed by atoms with Crippen LogP contribution in [0.5, 0.6) is 0 Å². The van der Waals surface area contributed by atoms with Crippen LogP contribution >= 0.6 is 0 Å². The van der Waals surface area contributed by atoms with Gasteiger partial charge in [-0.25, -0.2) is 9.59 Å². The van der Waals surface area contributed by atoms with Crippen molar-refractivity contribution in [3.05, 3.63) is 11.6 Å². The van der Waals surface area contributed by atoms with Crippen LogP contribution in [0, 0.1) is 0 Å². The van der Waals surface area contributed by atoms with Crippen molar-refractivity contribution in [2.45, 2.75) is 26.7 Å². The molecule has 86 valence electrons. The normalized spacial score (nSPS) is 10.9. The second-order valence-electron chi connectivity index (χ2n) is 3.16. The summed E-state index contributed by atoms with van der Waals surface area (Å²) < 4.78 is 0. The van der Waals surface area contributed by atoms with Crippen molar-refractivity contribution in [3.8, 4) is 0 Å². The number of aliphatic carboxylic acids is 1. The van der Waals surface area contributed by atoms with E-state index in [0.29, 0.717) is 25.1 Å². The lowest BCUT2D eigenvalue weighted by Crippen LogP contribution is -2.36. The molecule has 5 heteroatoms. The molecule has 0 rings (SSSR count). The van der Waals surface area contributed by atoms with Gasteiger partial charge in [-0.3, -0.25) is 0 Å². The van der Waals surface area contributed by atoms with Crippen molar-refractivity contribution in [1.82, 2.24) is 10.6 Å². The smallest absolute Gasteiger partial charge is 0.330 e. The van der Waals surface area contributed by atoms with E-state index in [0.717, 1.165) is 6.42 Å². The number of rotatable bonds is 6. The standard InChI is InChI=1S/C10H18N2O3/c1-3-6-11-10(15)12-7-4-5-8(2)9(13)14/h5H,3-4,6-7H2,1-2H3,(H,13,14)(H2,11,12,15)/b8-5+. The van der Waals surface area contributed by atoms with Crippen LogP contribution in [-0.4, -0.2) is 30.2 Å². The summed E-state index contributed by atoms with van der Waals surface area (Å²) in [5.74, 6) is -0.926. The molecule has 5 nitrogen and oxygen atoms in total. The Morgan fingerprint density at radius 3 is 2.40 bits per heavy atom. The van der Waals surface area contributed by atoms with Crippen LogP contribution in [0.3, 0.4) is 0 Å². The number of nitrogens with one attached hydrogen (secondary N) is 2. The first kappa shape index (κ1) is 13.5. The van der Waals surface area contributed by atoms with Crippen molar-refractivity contribution < 1.29 is 14.7 Å². The van der Waals surface area contributed by atoms with E-state index in [4.69, 9.17) is 5.11 Å². The van der Waals surface area contributed by atoms with Gasteiger partial charge in [-0.1, -0.05) is 13.0 Å². The maximum absolute atomic E-state index is 11.0. The minimum absolute atomic E-state index is 0.210. The fraction of sp³-hybridized carbons (Fsp3) is 0.600. The summed E-state index contributed by atoms with van der Waals surface area (Å²) in [5.41, 5.74) is 0.297. The van der Waals surface area contributed by atoms with Crippen LogP contribution in [-0.2, 0) is 4.79 Å². The number of carbonyl (C=O) groups is 2. The molecule has 0 aromatic rings. The number of carboxylic acid groups (broad SMARTS) is 1. The highest BCUT2D eigenvalue weighted by Gasteiger charge is 1.99. The zero-order chi connectivity index (χ0) is 11.7. The molecule has 0 radical (unpaired) electrons. The molecule has 0 saturated heterocycles. The van der Waals surface area contributed by atoms with E-state index in [9.17, 15) is 9.59 Å². The molecular weight excluding hydrogens is 196 g/mol. The minimum Gasteiger partial charge on any atom is -0.478 e. The van der Waals surface area contributed by atoms with E-state index in [1.54, 1.807) is 6.08 Å². The molecule has 0 saturated carbocycles. The lowest BCUT2D eigenvalue weighted by Gasteiger charge is -2.04. The maximum Gasteiger partial charge on any atom is 0.330 e. The average molecular weight is 214 g/mol. The molecule has 0 aromatic carbocycles. The molecule has 0 spiro atoms. The zero-order valence-corrected chi connectivity index (χ0v) is 9.17. The molecule has 0 aliphatic heterocycles. The fourth-order valence-corrected chi connectivity index (χ4v) is 0.863. The third-order valence-electron chi connectivity index (χ3n) is 1.75. The van der Waals surface area contributed by atoms with Crippen LogP contribution in [0.15, 0.2) is 11.6 Å². The minimum atomic E-state index is -0.926. The van der Waals surface area contributed by atoms with Gasteiger partial charge < -0.3 is 15.7 Å². The third-order valence-corrected chi connectivity index (χ3v) is 1.75. The van der Waals surface area contributed by atoms with Crippen LogP contribution in [0.2, 0.25) is 0 Å². The highest BCUT2D eigenvalue weighted by Crippen LogP contribution is 1.93. The van der Waals surface area contributed by atoms with Crippen LogP contribution < -0.4 is 10.6 Å². The largest absolute Gasteiger partial charge is 0.478 e. The average Bonchev–Trinajstić information content (AvgIpc) is 2.20. The molecule has 0 aromatic heterocycles. The summed E-state index contributed by atoms with van der Waals surface area (Å²) in [6.07, 6.45) is 3.01. The number of carbonyl (C=O) groups excluding carboxylic acids is 1.